The highest BCUT2D eigenvalue weighted by atomic mass is 16.3. The molecule has 0 spiro atoms. The monoisotopic (exact) mass is 298 g/mol. The number of hydrogen-bond donors (Lipinski definition) is 1. The third kappa shape index (κ3) is 2.47. The second-order valence-corrected chi connectivity index (χ2v) is 5.92. The Morgan fingerprint density at radius 3 is 2.55 bits per heavy atom. The predicted molar refractivity (Wildman–Crippen MR) is 80.5 cm³/mol. The number of Topliss-reactive ketones (excluding diaryl/α,β-unsaturated/α-hetero) is 1. The van der Waals surface area contributed by atoms with E-state index in [9.17, 15) is 14.7 Å². The van der Waals surface area contributed by atoms with E-state index >= 15 is 0 Å². The van der Waals surface area contributed by atoms with Crippen molar-refractivity contribution in [2.75, 3.05) is 0 Å². The molecule has 22 heavy (non-hydrogen) atoms. The molecule has 5 nitrogen and oxygen atoms in total. The van der Waals surface area contributed by atoms with Gasteiger partial charge in [0.15, 0.2) is 11.5 Å². The summed E-state index contributed by atoms with van der Waals surface area (Å²) in [7, 11) is 0. The Bertz CT molecular complexity index is 691. The molecule has 1 fully saturated rings. The van der Waals surface area contributed by atoms with Crippen molar-refractivity contribution in [2.24, 2.45) is 22.1 Å². The van der Waals surface area contributed by atoms with Crippen LogP contribution in [0.3, 0.4) is 0 Å². The van der Waals surface area contributed by atoms with Crippen LogP contribution in [0.25, 0.3) is 0 Å². The minimum absolute atomic E-state index is 0.0102. The highest BCUT2D eigenvalue weighted by molar-refractivity contribution is 6.01. The number of aliphatic hydroxyl groups excluding tert-OH is 1. The molecule has 2 aliphatic rings. The second kappa shape index (κ2) is 5.83. The van der Waals surface area contributed by atoms with Gasteiger partial charge in [-0.2, -0.15) is 0 Å². The summed E-state index contributed by atoms with van der Waals surface area (Å²) in [6.07, 6.45) is 3.57. The Morgan fingerprint density at radius 1 is 1.18 bits per heavy atom. The normalized spacial score (nSPS) is 24.9. The molecule has 0 radical (unpaired) electrons. The zero-order chi connectivity index (χ0) is 15.7. The van der Waals surface area contributed by atoms with Crippen LogP contribution >= 0.6 is 0 Å². The third-order valence-corrected chi connectivity index (χ3v) is 4.55. The Morgan fingerprint density at radius 2 is 1.86 bits per heavy atom. The lowest BCUT2D eigenvalue weighted by molar-refractivity contribution is -0.120. The molecule has 2 atom stereocenters. The van der Waals surface area contributed by atoms with Crippen LogP contribution in [0.15, 0.2) is 46.0 Å². The molecule has 2 aliphatic carbocycles. The SMILES string of the molecule is Cc1ccccc1C(=O)N=NC1=C(O)C2CCCCC2C1=O. The molecule has 1 aromatic carbocycles. The number of hydrogen-bond acceptors (Lipinski definition) is 4. The number of carbonyl (C=O) groups is 2. The van der Waals surface area contributed by atoms with E-state index in [2.05, 4.69) is 10.2 Å². The largest absolute Gasteiger partial charge is 0.510 e. The molecule has 0 heterocycles. The smallest absolute Gasteiger partial charge is 0.295 e. The number of allylic oxidation sites excluding steroid dienone is 2. The van der Waals surface area contributed by atoms with E-state index in [1.54, 1.807) is 12.1 Å². The van der Waals surface area contributed by atoms with Crippen molar-refractivity contribution in [2.45, 2.75) is 32.6 Å². The van der Waals surface area contributed by atoms with Crippen molar-refractivity contribution in [3.8, 4) is 0 Å². The maximum atomic E-state index is 12.3. The number of benzene rings is 1. The van der Waals surface area contributed by atoms with Gasteiger partial charge in [0, 0.05) is 17.4 Å². The van der Waals surface area contributed by atoms with E-state index in [4.69, 9.17) is 0 Å². The minimum atomic E-state index is -0.499. The fraction of sp³-hybridized carbons (Fsp3) is 0.412. The number of nitrogens with zero attached hydrogens (tertiary/aromatic N) is 2. The molecule has 0 aliphatic heterocycles. The van der Waals surface area contributed by atoms with E-state index in [1.165, 1.54) is 0 Å². The molecular weight excluding hydrogens is 280 g/mol. The summed E-state index contributed by atoms with van der Waals surface area (Å²) >= 11 is 0. The Hall–Kier alpha value is -2.30. The van der Waals surface area contributed by atoms with Crippen LogP contribution in [0, 0.1) is 18.8 Å². The number of rotatable bonds is 2. The van der Waals surface area contributed by atoms with Gasteiger partial charge >= 0.3 is 0 Å². The van der Waals surface area contributed by atoms with Gasteiger partial charge in [-0.15, -0.1) is 10.2 Å². The molecule has 1 aromatic rings. The molecule has 0 saturated heterocycles. The number of carbonyl (C=O) groups excluding carboxylic acids is 2. The van der Waals surface area contributed by atoms with Gasteiger partial charge in [-0.1, -0.05) is 31.0 Å². The summed E-state index contributed by atoms with van der Waals surface area (Å²) < 4.78 is 0. The number of aryl methyl sites for hydroxylation is 1. The quantitative estimate of drug-likeness (QED) is 0.844. The lowest BCUT2D eigenvalue weighted by Crippen LogP contribution is -2.21. The Labute approximate surface area is 128 Å². The molecule has 1 saturated carbocycles. The number of azo groups is 1. The maximum absolute atomic E-state index is 12.3. The first kappa shape index (κ1) is 14.6. The maximum Gasteiger partial charge on any atom is 0.295 e. The lowest BCUT2D eigenvalue weighted by atomic mass is 9.80. The van der Waals surface area contributed by atoms with Crippen molar-refractivity contribution in [3.05, 3.63) is 46.8 Å². The van der Waals surface area contributed by atoms with Crippen LogP contribution < -0.4 is 0 Å². The average molecular weight is 298 g/mol. The fourth-order valence-corrected chi connectivity index (χ4v) is 3.31. The van der Waals surface area contributed by atoms with Crippen LogP contribution in [0.4, 0.5) is 0 Å². The zero-order valence-electron chi connectivity index (χ0n) is 12.5. The number of fused-ring (bicyclic) bond motifs is 1. The molecule has 0 aromatic heterocycles. The van der Waals surface area contributed by atoms with Gasteiger partial charge in [0.25, 0.3) is 5.91 Å². The molecule has 114 valence electrons. The number of ketones is 1. The molecule has 1 amide bonds. The van der Waals surface area contributed by atoms with E-state index < -0.39 is 5.91 Å². The van der Waals surface area contributed by atoms with Gasteiger partial charge in [-0.05, 0) is 31.4 Å². The number of amides is 1. The topological polar surface area (TPSA) is 79.1 Å². The lowest BCUT2D eigenvalue weighted by Gasteiger charge is -2.23. The first-order chi connectivity index (χ1) is 10.6. The highest BCUT2D eigenvalue weighted by Crippen LogP contribution is 2.42. The molecule has 3 rings (SSSR count). The fourth-order valence-electron chi connectivity index (χ4n) is 3.31. The van der Waals surface area contributed by atoms with E-state index in [0.29, 0.717) is 5.56 Å². The Balaban J connectivity index is 1.83. The highest BCUT2D eigenvalue weighted by Gasteiger charge is 2.43. The first-order valence-corrected chi connectivity index (χ1v) is 7.58. The minimum Gasteiger partial charge on any atom is -0.510 e. The van der Waals surface area contributed by atoms with E-state index in [1.807, 2.05) is 19.1 Å². The van der Waals surface area contributed by atoms with Gasteiger partial charge in [0.05, 0.1) is 0 Å². The molecule has 5 heteroatoms. The summed E-state index contributed by atoms with van der Waals surface area (Å²) in [6, 6.07) is 7.07. The van der Waals surface area contributed by atoms with Crippen molar-refractivity contribution >= 4 is 11.7 Å². The van der Waals surface area contributed by atoms with Crippen molar-refractivity contribution in [3.63, 3.8) is 0 Å². The third-order valence-electron chi connectivity index (χ3n) is 4.55. The van der Waals surface area contributed by atoms with E-state index in [0.717, 1.165) is 31.2 Å². The van der Waals surface area contributed by atoms with Crippen LogP contribution in [-0.2, 0) is 4.79 Å². The van der Waals surface area contributed by atoms with Gasteiger partial charge in [-0.3, -0.25) is 9.59 Å². The van der Waals surface area contributed by atoms with E-state index in [-0.39, 0.29) is 29.1 Å². The van der Waals surface area contributed by atoms with Gasteiger partial charge in [0.2, 0.25) is 0 Å². The predicted octanol–water partition coefficient (Wildman–Crippen LogP) is 3.75. The summed E-state index contributed by atoms with van der Waals surface area (Å²) in [5.41, 5.74) is 1.23. The molecule has 0 bridgehead atoms. The van der Waals surface area contributed by atoms with Crippen molar-refractivity contribution < 1.29 is 14.7 Å². The second-order valence-electron chi connectivity index (χ2n) is 5.92. The zero-order valence-corrected chi connectivity index (χ0v) is 12.5. The molecule has 1 N–H and O–H groups in total. The molecular formula is C17H18N2O3. The van der Waals surface area contributed by atoms with Crippen LogP contribution in [-0.4, -0.2) is 16.8 Å². The average Bonchev–Trinajstić information content (AvgIpc) is 2.77. The Kier molecular flexibility index (Phi) is 3.88. The van der Waals surface area contributed by atoms with Gasteiger partial charge < -0.3 is 5.11 Å². The number of aliphatic hydroxyl groups is 1. The summed E-state index contributed by atoms with van der Waals surface area (Å²) in [5, 5.41) is 17.6. The summed E-state index contributed by atoms with van der Waals surface area (Å²) in [5.74, 6) is -0.985. The summed E-state index contributed by atoms with van der Waals surface area (Å²) in [4.78, 5) is 24.4. The first-order valence-electron chi connectivity index (χ1n) is 7.58. The van der Waals surface area contributed by atoms with Crippen molar-refractivity contribution in [1.82, 2.24) is 0 Å². The molecule has 2 unspecified atom stereocenters. The summed E-state index contributed by atoms with van der Waals surface area (Å²) in [6.45, 7) is 1.81. The standard InChI is InChI=1S/C17H18N2O3/c1-10-6-2-3-7-11(10)17(22)19-18-14-15(20)12-8-4-5-9-13(12)16(14)21/h2-3,6-7,12-13,20H,4-5,8-9H2,1H3. The van der Waals surface area contributed by atoms with Crippen LogP contribution in [0.2, 0.25) is 0 Å². The van der Waals surface area contributed by atoms with Crippen LogP contribution in [0.5, 0.6) is 0 Å². The van der Waals surface area contributed by atoms with Gasteiger partial charge in [0.1, 0.15) is 5.76 Å². The van der Waals surface area contributed by atoms with Gasteiger partial charge in [-0.25, -0.2) is 0 Å². The van der Waals surface area contributed by atoms with Crippen LogP contribution in [0.1, 0.15) is 41.6 Å². The van der Waals surface area contributed by atoms with Crippen molar-refractivity contribution in [1.29, 1.82) is 0 Å².